The molecule has 0 aliphatic carbocycles. The Bertz CT molecular complexity index is 683. The minimum Gasteiger partial charge on any atom is -0.351 e. The van der Waals surface area contributed by atoms with Crippen LogP contribution >= 0.6 is 11.8 Å². The average Bonchev–Trinajstić information content (AvgIpc) is 2.92. The van der Waals surface area contributed by atoms with Gasteiger partial charge in [-0.05, 0) is 37.7 Å². The van der Waals surface area contributed by atoms with Gasteiger partial charge < -0.3 is 9.88 Å². The van der Waals surface area contributed by atoms with E-state index in [0.29, 0.717) is 18.2 Å². The third-order valence-corrected chi connectivity index (χ3v) is 4.17. The number of pyridine rings is 1. The molecule has 0 aromatic carbocycles. The molecule has 6 nitrogen and oxygen atoms in total. The van der Waals surface area contributed by atoms with Gasteiger partial charge in [-0.3, -0.25) is 4.79 Å². The lowest BCUT2D eigenvalue weighted by molar-refractivity contribution is 0.0948. The first-order chi connectivity index (χ1) is 11.5. The molecule has 0 atom stereocenters. The Hall–Kier alpha value is -1.89. The van der Waals surface area contributed by atoms with Crippen molar-refractivity contribution < 1.29 is 4.79 Å². The Morgan fingerprint density at radius 1 is 1.33 bits per heavy atom. The van der Waals surface area contributed by atoms with E-state index in [1.165, 1.54) is 0 Å². The molecule has 0 fully saturated rings. The zero-order valence-corrected chi connectivity index (χ0v) is 15.6. The van der Waals surface area contributed by atoms with Gasteiger partial charge in [-0.2, -0.15) is 0 Å². The molecule has 24 heavy (non-hydrogen) atoms. The second-order valence-corrected chi connectivity index (χ2v) is 6.90. The van der Waals surface area contributed by atoms with E-state index in [1.54, 1.807) is 17.8 Å². The fourth-order valence-electron chi connectivity index (χ4n) is 2.41. The highest BCUT2D eigenvalue weighted by Gasteiger charge is 2.12. The quantitative estimate of drug-likeness (QED) is 0.587. The van der Waals surface area contributed by atoms with Crippen LogP contribution in [0.25, 0.3) is 0 Å². The summed E-state index contributed by atoms with van der Waals surface area (Å²) in [6.45, 7) is 7.75. The Balaban J connectivity index is 1.86. The number of aryl methyl sites for hydroxylation is 2. The Labute approximate surface area is 147 Å². The van der Waals surface area contributed by atoms with Crippen molar-refractivity contribution in [3.63, 3.8) is 0 Å². The van der Waals surface area contributed by atoms with Gasteiger partial charge in [0.05, 0.1) is 0 Å². The third-order valence-electron chi connectivity index (χ3n) is 3.51. The Morgan fingerprint density at radius 3 is 2.79 bits per heavy atom. The van der Waals surface area contributed by atoms with Gasteiger partial charge in [0.15, 0.2) is 5.16 Å². The van der Waals surface area contributed by atoms with Crippen LogP contribution in [0.5, 0.6) is 0 Å². The van der Waals surface area contributed by atoms with Gasteiger partial charge in [0.1, 0.15) is 11.5 Å². The zero-order chi connectivity index (χ0) is 17.5. The maximum absolute atomic E-state index is 12.1. The van der Waals surface area contributed by atoms with E-state index in [9.17, 15) is 4.79 Å². The molecule has 1 amide bonds. The van der Waals surface area contributed by atoms with Crippen LogP contribution in [-0.2, 0) is 13.0 Å². The summed E-state index contributed by atoms with van der Waals surface area (Å²) in [5.41, 5.74) is 1.30. The summed E-state index contributed by atoms with van der Waals surface area (Å²) < 4.78 is 2.18. The van der Waals surface area contributed by atoms with Crippen molar-refractivity contribution in [1.29, 1.82) is 0 Å². The molecule has 0 aliphatic rings. The van der Waals surface area contributed by atoms with Crippen LogP contribution in [0.3, 0.4) is 0 Å². The molecular formula is C17H25N5OS. The first kappa shape index (κ1) is 18.4. The normalized spacial score (nSPS) is 11.0. The fourth-order valence-corrected chi connectivity index (χ4v) is 2.93. The maximum atomic E-state index is 12.1. The molecule has 2 rings (SSSR count). The molecule has 2 aromatic heterocycles. The summed E-state index contributed by atoms with van der Waals surface area (Å²) in [4.78, 5) is 16.3. The van der Waals surface area contributed by atoms with Crippen LogP contribution in [0.2, 0.25) is 0 Å². The summed E-state index contributed by atoms with van der Waals surface area (Å²) in [6, 6.07) is 5.45. The van der Waals surface area contributed by atoms with Crippen molar-refractivity contribution in [2.24, 2.45) is 5.92 Å². The number of nitrogens with zero attached hydrogens (tertiary/aromatic N) is 4. The molecule has 0 saturated heterocycles. The lowest BCUT2D eigenvalue weighted by Crippen LogP contribution is -2.26. The number of hydrogen-bond donors (Lipinski definition) is 1. The highest BCUT2D eigenvalue weighted by atomic mass is 32.2. The highest BCUT2D eigenvalue weighted by Crippen LogP contribution is 2.16. The summed E-state index contributed by atoms with van der Waals surface area (Å²) in [5.74, 6) is 1.39. The smallest absolute Gasteiger partial charge is 0.269 e. The first-order valence-corrected chi connectivity index (χ1v) is 9.41. The predicted octanol–water partition coefficient (Wildman–Crippen LogP) is 2.72. The summed E-state index contributed by atoms with van der Waals surface area (Å²) in [6.07, 6.45) is 3.63. The van der Waals surface area contributed by atoms with Crippen LogP contribution in [-0.4, -0.2) is 38.5 Å². The Kier molecular flexibility index (Phi) is 6.78. The standard InChI is InChI=1S/C17H25N5OS/c1-12(2)11-22-15(20-21-17(22)24-4)9-6-10-18-16(23)14-8-5-7-13(3)19-14/h5,7-8,12H,6,9-11H2,1-4H3,(H,18,23). The Morgan fingerprint density at radius 2 is 2.12 bits per heavy atom. The molecule has 0 aliphatic heterocycles. The molecule has 0 saturated carbocycles. The number of carbonyl (C=O) groups is 1. The molecule has 0 spiro atoms. The third kappa shape index (κ3) is 5.06. The number of thioether (sulfide) groups is 1. The van der Waals surface area contributed by atoms with Crippen molar-refractivity contribution in [3.8, 4) is 0 Å². The number of amides is 1. The number of hydrogen-bond acceptors (Lipinski definition) is 5. The van der Waals surface area contributed by atoms with Gasteiger partial charge in [0.25, 0.3) is 5.91 Å². The molecule has 7 heteroatoms. The van der Waals surface area contributed by atoms with Gasteiger partial charge in [-0.1, -0.05) is 31.7 Å². The molecule has 0 unspecified atom stereocenters. The van der Waals surface area contributed by atoms with Gasteiger partial charge in [0, 0.05) is 25.2 Å². The largest absolute Gasteiger partial charge is 0.351 e. The number of carbonyl (C=O) groups excluding carboxylic acids is 1. The SMILES string of the molecule is CSc1nnc(CCCNC(=O)c2cccc(C)n2)n1CC(C)C. The van der Waals surface area contributed by atoms with E-state index in [4.69, 9.17) is 0 Å². The van der Waals surface area contributed by atoms with Crippen molar-refractivity contribution in [2.75, 3.05) is 12.8 Å². The molecule has 0 bridgehead atoms. The fraction of sp³-hybridized carbons (Fsp3) is 0.529. The molecular weight excluding hydrogens is 322 g/mol. The van der Waals surface area contributed by atoms with Crippen molar-refractivity contribution in [3.05, 3.63) is 35.4 Å². The summed E-state index contributed by atoms with van der Waals surface area (Å²) >= 11 is 1.61. The van der Waals surface area contributed by atoms with E-state index < -0.39 is 0 Å². The first-order valence-electron chi connectivity index (χ1n) is 8.19. The molecule has 1 N–H and O–H groups in total. The highest BCUT2D eigenvalue weighted by molar-refractivity contribution is 7.98. The van der Waals surface area contributed by atoms with E-state index in [1.807, 2.05) is 25.3 Å². The molecule has 130 valence electrons. The lowest BCUT2D eigenvalue weighted by atomic mass is 10.2. The summed E-state index contributed by atoms with van der Waals surface area (Å²) in [7, 11) is 0. The van der Waals surface area contributed by atoms with Crippen molar-refractivity contribution in [1.82, 2.24) is 25.1 Å². The van der Waals surface area contributed by atoms with E-state index >= 15 is 0 Å². The predicted molar refractivity (Wildman–Crippen MR) is 96.3 cm³/mol. The average molecular weight is 347 g/mol. The molecule has 0 radical (unpaired) electrons. The monoisotopic (exact) mass is 347 g/mol. The number of rotatable bonds is 8. The minimum absolute atomic E-state index is 0.132. The van der Waals surface area contributed by atoms with Gasteiger partial charge >= 0.3 is 0 Å². The van der Waals surface area contributed by atoms with E-state index in [2.05, 4.69) is 38.9 Å². The van der Waals surface area contributed by atoms with Crippen LogP contribution < -0.4 is 5.32 Å². The maximum Gasteiger partial charge on any atom is 0.269 e. The molecule has 2 aromatic rings. The van der Waals surface area contributed by atoms with E-state index in [-0.39, 0.29) is 5.91 Å². The van der Waals surface area contributed by atoms with Gasteiger partial charge in [-0.15, -0.1) is 10.2 Å². The van der Waals surface area contributed by atoms with Gasteiger partial charge in [0.2, 0.25) is 0 Å². The van der Waals surface area contributed by atoms with E-state index in [0.717, 1.165) is 36.1 Å². The van der Waals surface area contributed by atoms with Gasteiger partial charge in [-0.25, -0.2) is 4.98 Å². The molecule has 2 heterocycles. The summed E-state index contributed by atoms with van der Waals surface area (Å²) in [5, 5.41) is 12.4. The second kappa shape index (κ2) is 8.82. The second-order valence-electron chi connectivity index (χ2n) is 6.13. The van der Waals surface area contributed by atoms with Crippen molar-refractivity contribution in [2.45, 2.75) is 45.3 Å². The van der Waals surface area contributed by atoms with Crippen LogP contribution in [0, 0.1) is 12.8 Å². The van der Waals surface area contributed by atoms with Crippen LogP contribution in [0.15, 0.2) is 23.4 Å². The van der Waals surface area contributed by atoms with Crippen LogP contribution in [0.4, 0.5) is 0 Å². The number of nitrogens with one attached hydrogen (secondary N) is 1. The zero-order valence-electron chi connectivity index (χ0n) is 14.7. The number of aromatic nitrogens is 4. The minimum atomic E-state index is -0.132. The topological polar surface area (TPSA) is 72.7 Å². The van der Waals surface area contributed by atoms with Crippen LogP contribution in [0.1, 0.15) is 42.3 Å². The van der Waals surface area contributed by atoms with Crippen molar-refractivity contribution >= 4 is 17.7 Å². The lowest BCUT2D eigenvalue weighted by Gasteiger charge is -2.11.